The maximum absolute atomic E-state index is 13.2. The third-order valence-corrected chi connectivity index (χ3v) is 8.08. The van der Waals surface area contributed by atoms with E-state index in [4.69, 9.17) is 18.0 Å². The van der Waals surface area contributed by atoms with Crippen LogP contribution in [-0.2, 0) is 12.4 Å². The van der Waals surface area contributed by atoms with Gasteiger partial charge >= 0.3 is 12.4 Å². The maximum atomic E-state index is 13.2. The van der Waals surface area contributed by atoms with Crippen molar-refractivity contribution in [1.29, 1.82) is 0 Å². The van der Waals surface area contributed by atoms with Crippen molar-refractivity contribution in [2.75, 3.05) is 61.8 Å². The average Bonchev–Trinajstić information content (AvgIpc) is 2.89. The van der Waals surface area contributed by atoms with Crippen molar-refractivity contribution in [3.05, 3.63) is 53.6 Å². The molecule has 2 aliphatic rings. The first-order chi connectivity index (χ1) is 18.3. The zero-order valence-corrected chi connectivity index (χ0v) is 22.5. The van der Waals surface area contributed by atoms with Crippen LogP contribution in [0, 0.1) is 5.92 Å². The van der Waals surface area contributed by atoms with E-state index >= 15 is 0 Å². The van der Waals surface area contributed by atoms with Gasteiger partial charge in [-0.3, -0.25) is 4.90 Å². The molecule has 2 aromatic rings. The van der Waals surface area contributed by atoms with E-state index in [0.717, 1.165) is 87.5 Å². The first kappa shape index (κ1) is 29.3. The summed E-state index contributed by atoms with van der Waals surface area (Å²) in [6.07, 6.45) is -7.33. The van der Waals surface area contributed by atoms with Gasteiger partial charge in [-0.25, -0.2) is 0 Å². The second kappa shape index (κ2) is 11.8. The van der Waals surface area contributed by atoms with Gasteiger partial charge in [-0.15, -0.1) is 0 Å². The number of nitrogens with one attached hydrogen (secondary N) is 1. The van der Waals surface area contributed by atoms with Gasteiger partial charge in [0.25, 0.3) is 0 Å². The van der Waals surface area contributed by atoms with Crippen molar-refractivity contribution < 1.29 is 26.3 Å². The fourth-order valence-electron chi connectivity index (χ4n) is 5.20. The second-order valence-electron chi connectivity index (χ2n) is 10.3. The lowest BCUT2D eigenvalue weighted by Crippen LogP contribution is -2.50. The molecule has 12 heteroatoms. The van der Waals surface area contributed by atoms with Crippen molar-refractivity contribution in [1.82, 2.24) is 9.80 Å². The Morgan fingerprint density at radius 2 is 1.54 bits per heavy atom. The van der Waals surface area contributed by atoms with Crippen LogP contribution in [0.15, 0.2) is 42.5 Å². The molecule has 0 bridgehead atoms. The SMILES string of the molecule is CC(CN1CCN(c2ccc(C(F)(F)F)cc2)CC1)C(=S)N1CCC(Nc2ccc(N)c(C(F)(F)F)c2)CC1. The molecule has 0 radical (unpaired) electrons. The largest absolute Gasteiger partial charge is 0.418 e. The molecule has 2 heterocycles. The summed E-state index contributed by atoms with van der Waals surface area (Å²) in [7, 11) is 0. The molecule has 5 nitrogen and oxygen atoms in total. The molecule has 1 unspecified atom stereocenters. The molecule has 0 saturated carbocycles. The minimum absolute atomic E-state index is 0.0438. The quantitative estimate of drug-likeness (QED) is 0.252. The van der Waals surface area contributed by atoms with Gasteiger partial charge in [-0.1, -0.05) is 19.1 Å². The van der Waals surface area contributed by atoms with Crippen molar-refractivity contribution in [2.24, 2.45) is 5.92 Å². The number of thiocarbonyl (C=S) groups is 1. The molecule has 4 rings (SSSR count). The van der Waals surface area contributed by atoms with Gasteiger partial charge in [0, 0.05) is 74.8 Å². The molecular weight excluding hydrogens is 540 g/mol. The van der Waals surface area contributed by atoms with Gasteiger partial charge < -0.3 is 20.9 Å². The standard InChI is InChI=1S/C27H33F6N5S/c1-18(17-36-12-14-37(15-13-36)22-5-2-19(3-6-22)26(28,29)30)25(39)38-10-8-20(9-11-38)35-21-4-7-24(34)23(16-21)27(31,32)33/h2-7,16,18,20,35H,8-15,17,34H2,1H3. The minimum atomic E-state index is -4.50. The number of rotatable bonds is 6. The Morgan fingerprint density at radius 1 is 0.923 bits per heavy atom. The Hall–Kier alpha value is -2.73. The molecule has 3 N–H and O–H groups in total. The number of nitrogens with zero attached hydrogens (tertiary/aromatic N) is 3. The van der Waals surface area contributed by atoms with E-state index in [2.05, 4.69) is 26.9 Å². The van der Waals surface area contributed by atoms with Crippen LogP contribution in [0.3, 0.4) is 0 Å². The third kappa shape index (κ3) is 7.47. The average molecular weight is 574 g/mol. The lowest BCUT2D eigenvalue weighted by Gasteiger charge is -2.39. The molecule has 1 atom stereocenters. The Labute approximate surface area is 229 Å². The van der Waals surface area contributed by atoms with Gasteiger partial charge in [-0.05, 0) is 55.3 Å². The highest BCUT2D eigenvalue weighted by molar-refractivity contribution is 7.80. The van der Waals surface area contributed by atoms with Gasteiger partial charge in [0.15, 0.2) is 0 Å². The number of anilines is 3. The van der Waals surface area contributed by atoms with Crippen molar-refractivity contribution >= 4 is 34.3 Å². The van der Waals surface area contributed by atoms with Gasteiger partial charge in [0.05, 0.1) is 16.1 Å². The Balaban J connectivity index is 1.21. The number of piperazine rings is 1. The molecule has 39 heavy (non-hydrogen) atoms. The van der Waals surface area contributed by atoms with Crippen LogP contribution in [-0.4, -0.2) is 66.6 Å². The lowest BCUT2D eigenvalue weighted by molar-refractivity contribution is -0.138. The predicted molar refractivity (Wildman–Crippen MR) is 146 cm³/mol. The van der Waals surface area contributed by atoms with Crippen LogP contribution in [0.5, 0.6) is 0 Å². The monoisotopic (exact) mass is 573 g/mol. The van der Waals surface area contributed by atoms with E-state index < -0.39 is 23.5 Å². The Morgan fingerprint density at radius 3 is 2.10 bits per heavy atom. The van der Waals surface area contributed by atoms with E-state index in [-0.39, 0.29) is 17.6 Å². The number of likely N-dealkylation sites (tertiary alicyclic amines) is 1. The molecule has 2 aromatic carbocycles. The van der Waals surface area contributed by atoms with Crippen LogP contribution < -0.4 is 16.0 Å². The summed E-state index contributed by atoms with van der Waals surface area (Å²) in [4.78, 5) is 7.48. The molecular formula is C27H33F6N5S. The van der Waals surface area contributed by atoms with Crippen molar-refractivity contribution in [3.63, 3.8) is 0 Å². The van der Waals surface area contributed by atoms with Gasteiger partial charge in [0.1, 0.15) is 0 Å². The summed E-state index contributed by atoms with van der Waals surface area (Å²) in [5.41, 5.74) is 4.92. The molecule has 0 amide bonds. The van der Waals surface area contributed by atoms with E-state index in [1.54, 1.807) is 6.07 Å². The van der Waals surface area contributed by atoms with Gasteiger partial charge in [-0.2, -0.15) is 26.3 Å². The van der Waals surface area contributed by atoms with Crippen LogP contribution in [0.25, 0.3) is 0 Å². The van der Waals surface area contributed by atoms with E-state index in [1.165, 1.54) is 18.2 Å². The fourth-order valence-corrected chi connectivity index (χ4v) is 5.46. The topological polar surface area (TPSA) is 47.8 Å². The highest BCUT2D eigenvalue weighted by Crippen LogP contribution is 2.35. The summed E-state index contributed by atoms with van der Waals surface area (Å²) in [6, 6.07) is 9.25. The van der Waals surface area contributed by atoms with E-state index in [1.807, 2.05) is 0 Å². The summed E-state index contributed by atoms with van der Waals surface area (Å²) in [5, 5.41) is 3.21. The summed E-state index contributed by atoms with van der Waals surface area (Å²) in [6.45, 7) is 7.38. The summed E-state index contributed by atoms with van der Waals surface area (Å²) >= 11 is 5.79. The smallest absolute Gasteiger partial charge is 0.398 e. The number of benzene rings is 2. The zero-order chi connectivity index (χ0) is 28.4. The fraction of sp³-hybridized carbons (Fsp3) is 0.519. The minimum Gasteiger partial charge on any atom is -0.398 e. The van der Waals surface area contributed by atoms with Gasteiger partial charge in [0.2, 0.25) is 0 Å². The first-order valence-corrected chi connectivity index (χ1v) is 13.4. The Kier molecular flexibility index (Phi) is 8.85. The molecule has 2 fully saturated rings. The number of hydrogen-bond acceptors (Lipinski definition) is 5. The molecule has 0 aliphatic carbocycles. The zero-order valence-electron chi connectivity index (χ0n) is 21.7. The molecule has 2 aliphatic heterocycles. The second-order valence-corrected chi connectivity index (χ2v) is 10.7. The van der Waals surface area contributed by atoms with Crippen molar-refractivity contribution in [3.8, 4) is 0 Å². The maximum Gasteiger partial charge on any atom is 0.418 e. The highest BCUT2D eigenvalue weighted by Gasteiger charge is 2.34. The summed E-state index contributed by atoms with van der Waals surface area (Å²) in [5.74, 6) is 0.147. The third-order valence-electron chi connectivity index (χ3n) is 7.42. The van der Waals surface area contributed by atoms with E-state index in [0.29, 0.717) is 5.69 Å². The number of piperidine rings is 1. The number of nitrogens with two attached hydrogens (primary N) is 1. The lowest BCUT2D eigenvalue weighted by atomic mass is 10.0. The molecule has 2 saturated heterocycles. The van der Waals surface area contributed by atoms with Crippen LogP contribution >= 0.6 is 12.2 Å². The van der Waals surface area contributed by atoms with Crippen LogP contribution in [0.2, 0.25) is 0 Å². The molecule has 0 spiro atoms. The molecule has 0 aromatic heterocycles. The number of hydrogen-bond donors (Lipinski definition) is 2. The normalized spacial score (nSPS) is 18.7. The van der Waals surface area contributed by atoms with Crippen LogP contribution in [0.4, 0.5) is 43.4 Å². The molecule has 214 valence electrons. The van der Waals surface area contributed by atoms with Crippen LogP contribution in [0.1, 0.15) is 30.9 Å². The number of halogens is 6. The van der Waals surface area contributed by atoms with Crippen molar-refractivity contribution in [2.45, 2.75) is 38.2 Å². The number of nitrogen functional groups attached to an aromatic ring is 1. The summed E-state index contributed by atoms with van der Waals surface area (Å²) < 4.78 is 78.0. The van der Waals surface area contributed by atoms with E-state index in [9.17, 15) is 26.3 Å². The predicted octanol–water partition coefficient (Wildman–Crippen LogP) is 5.97. The highest BCUT2D eigenvalue weighted by atomic mass is 32.1. The number of alkyl halides is 6. The Bertz CT molecular complexity index is 1120. The first-order valence-electron chi connectivity index (χ1n) is 13.0.